The molecule has 0 aliphatic carbocycles. The summed E-state index contributed by atoms with van der Waals surface area (Å²) in [5.41, 5.74) is 7.19. The zero-order chi connectivity index (χ0) is 20.0. The lowest BCUT2D eigenvalue weighted by Crippen LogP contribution is -2.49. The van der Waals surface area contributed by atoms with Crippen LogP contribution in [0.5, 0.6) is 0 Å². The molecule has 3 rings (SSSR count). The summed E-state index contributed by atoms with van der Waals surface area (Å²) < 4.78 is 0. The van der Waals surface area contributed by atoms with Gasteiger partial charge in [0.05, 0.1) is 6.54 Å². The number of carbonyl (C=O) groups excluding carboxylic acids is 2. The van der Waals surface area contributed by atoms with Crippen molar-refractivity contribution >= 4 is 24.2 Å². The van der Waals surface area contributed by atoms with E-state index in [1.54, 1.807) is 0 Å². The summed E-state index contributed by atoms with van der Waals surface area (Å²) in [4.78, 5) is 29.0. The van der Waals surface area contributed by atoms with Gasteiger partial charge in [-0.2, -0.15) is 0 Å². The molecular weight excluding hydrogens is 388 g/mol. The van der Waals surface area contributed by atoms with Crippen molar-refractivity contribution in [2.24, 2.45) is 11.1 Å². The van der Waals surface area contributed by atoms with Crippen LogP contribution in [0.25, 0.3) is 0 Å². The van der Waals surface area contributed by atoms with Gasteiger partial charge in [-0.3, -0.25) is 14.5 Å². The van der Waals surface area contributed by atoms with E-state index in [9.17, 15) is 9.59 Å². The van der Waals surface area contributed by atoms with E-state index in [1.807, 2.05) is 35.2 Å². The van der Waals surface area contributed by atoms with Gasteiger partial charge in [0.25, 0.3) is 0 Å². The first-order valence-corrected chi connectivity index (χ1v) is 10.5. The highest BCUT2D eigenvalue weighted by Gasteiger charge is 2.34. The molecule has 2 amide bonds. The topological polar surface area (TPSA) is 78.7 Å². The van der Waals surface area contributed by atoms with E-state index in [4.69, 9.17) is 5.73 Å². The lowest BCUT2D eigenvalue weighted by molar-refractivity contribution is -0.133. The van der Waals surface area contributed by atoms with E-state index in [0.29, 0.717) is 19.5 Å². The van der Waals surface area contributed by atoms with Gasteiger partial charge in [-0.15, -0.1) is 12.4 Å². The predicted molar refractivity (Wildman–Crippen MR) is 118 cm³/mol. The Morgan fingerprint density at radius 3 is 2.48 bits per heavy atom. The lowest BCUT2D eigenvalue weighted by Gasteiger charge is -2.33. The number of amides is 2. The fourth-order valence-corrected chi connectivity index (χ4v) is 4.19. The fraction of sp³-hybridized carbons (Fsp3) is 0.636. The van der Waals surface area contributed by atoms with Crippen LogP contribution in [0.2, 0.25) is 0 Å². The van der Waals surface area contributed by atoms with Gasteiger partial charge < -0.3 is 16.0 Å². The highest BCUT2D eigenvalue weighted by atomic mass is 35.5. The van der Waals surface area contributed by atoms with Crippen LogP contribution in [-0.2, 0) is 16.0 Å². The van der Waals surface area contributed by atoms with Crippen LogP contribution in [0, 0.1) is 5.41 Å². The maximum absolute atomic E-state index is 12.6. The molecule has 0 spiro atoms. The molecule has 0 aromatic heterocycles. The summed E-state index contributed by atoms with van der Waals surface area (Å²) in [6, 6.07) is 10.3. The highest BCUT2D eigenvalue weighted by molar-refractivity contribution is 5.85. The van der Waals surface area contributed by atoms with Crippen molar-refractivity contribution in [2.45, 2.75) is 45.1 Å². The Labute approximate surface area is 180 Å². The lowest BCUT2D eigenvalue weighted by atomic mass is 9.90. The van der Waals surface area contributed by atoms with Gasteiger partial charge in [0.1, 0.15) is 0 Å². The van der Waals surface area contributed by atoms with E-state index >= 15 is 0 Å². The zero-order valence-corrected chi connectivity index (χ0v) is 18.3. The van der Waals surface area contributed by atoms with Gasteiger partial charge in [-0.1, -0.05) is 37.3 Å². The SMILES string of the molecule is CC1(CN)CCN(CC(=O)N2CCC(NC(=O)CCc3ccccc3)CC2)C1.Cl. The number of carbonyl (C=O) groups is 2. The summed E-state index contributed by atoms with van der Waals surface area (Å²) in [7, 11) is 0. The number of likely N-dealkylation sites (tertiary alicyclic amines) is 2. The van der Waals surface area contributed by atoms with E-state index in [1.165, 1.54) is 5.56 Å². The van der Waals surface area contributed by atoms with Crippen molar-refractivity contribution in [1.29, 1.82) is 0 Å². The van der Waals surface area contributed by atoms with Crippen molar-refractivity contribution < 1.29 is 9.59 Å². The number of nitrogens with one attached hydrogen (secondary N) is 1. The molecule has 3 N–H and O–H groups in total. The minimum absolute atomic E-state index is 0. The minimum atomic E-state index is 0. The molecule has 0 bridgehead atoms. The normalized spacial score (nSPS) is 22.9. The molecule has 2 saturated heterocycles. The first-order valence-electron chi connectivity index (χ1n) is 10.5. The molecule has 2 aliphatic rings. The Morgan fingerprint density at radius 1 is 1.17 bits per heavy atom. The Morgan fingerprint density at radius 2 is 1.86 bits per heavy atom. The Bertz CT molecular complexity index is 664. The molecule has 7 heteroatoms. The number of aryl methyl sites for hydroxylation is 1. The van der Waals surface area contributed by atoms with Gasteiger partial charge in [0.15, 0.2) is 0 Å². The Kier molecular flexibility index (Phi) is 8.93. The number of hydrogen-bond acceptors (Lipinski definition) is 4. The van der Waals surface area contributed by atoms with Gasteiger partial charge >= 0.3 is 0 Å². The molecule has 2 aliphatic heterocycles. The van der Waals surface area contributed by atoms with Crippen molar-refractivity contribution in [2.75, 3.05) is 39.3 Å². The zero-order valence-electron chi connectivity index (χ0n) is 17.4. The number of nitrogens with zero attached hydrogens (tertiary/aromatic N) is 2. The second-order valence-electron chi connectivity index (χ2n) is 8.68. The van der Waals surface area contributed by atoms with Gasteiger partial charge in [-0.25, -0.2) is 0 Å². The number of benzene rings is 1. The molecule has 0 radical (unpaired) electrons. The molecule has 29 heavy (non-hydrogen) atoms. The molecule has 0 saturated carbocycles. The largest absolute Gasteiger partial charge is 0.353 e. The average Bonchev–Trinajstić information content (AvgIpc) is 3.09. The van der Waals surface area contributed by atoms with Crippen molar-refractivity contribution in [3.05, 3.63) is 35.9 Å². The maximum Gasteiger partial charge on any atom is 0.236 e. The summed E-state index contributed by atoms with van der Waals surface area (Å²) in [5, 5.41) is 3.14. The van der Waals surface area contributed by atoms with E-state index in [-0.39, 0.29) is 35.7 Å². The third kappa shape index (κ3) is 6.98. The number of piperidine rings is 1. The quantitative estimate of drug-likeness (QED) is 0.702. The van der Waals surface area contributed by atoms with Crippen molar-refractivity contribution in [3.8, 4) is 0 Å². The van der Waals surface area contributed by atoms with Crippen LogP contribution in [0.1, 0.15) is 38.2 Å². The highest BCUT2D eigenvalue weighted by Crippen LogP contribution is 2.28. The van der Waals surface area contributed by atoms with Crippen LogP contribution in [-0.4, -0.2) is 66.9 Å². The molecule has 2 fully saturated rings. The van der Waals surface area contributed by atoms with Crippen LogP contribution in [0.4, 0.5) is 0 Å². The average molecular weight is 423 g/mol. The monoisotopic (exact) mass is 422 g/mol. The minimum Gasteiger partial charge on any atom is -0.353 e. The Hall–Kier alpha value is -1.63. The third-order valence-electron chi connectivity index (χ3n) is 6.18. The standard InChI is InChI=1S/C22H34N4O2.ClH/c1-22(16-23)11-14-25(17-22)15-21(28)26-12-9-19(10-13-26)24-20(27)8-7-18-5-3-2-4-6-18;/h2-6,19H,7-17,23H2,1H3,(H,24,27);1H. The summed E-state index contributed by atoms with van der Waals surface area (Å²) in [6.45, 7) is 6.67. The number of hydrogen-bond donors (Lipinski definition) is 2. The molecule has 1 aromatic carbocycles. The van der Waals surface area contributed by atoms with Crippen LogP contribution < -0.4 is 11.1 Å². The Balaban J connectivity index is 0.00000300. The molecule has 6 nitrogen and oxygen atoms in total. The van der Waals surface area contributed by atoms with Crippen molar-refractivity contribution in [1.82, 2.24) is 15.1 Å². The fourth-order valence-electron chi connectivity index (χ4n) is 4.19. The summed E-state index contributed by atoms with van der Waals surface area (Å²) >= 11 is 0. The smallest absolute Gasteiger partial charge is 0.236 e. The first-order chi connectivity index (χ1) is 13.5. The molecule has 1 unspecified atom stereocenters. The second-order valence-corrected chi connectivity index (χ2v) is 8.68. The summed E-state index contributed by atoms with van der Waals surface area (Å²) in [5.74, 6) is 0.307. The predicted octanol–water partition coefficient (Wildman–Crippen LogP) is 1.82. The number of nitrogens with two attached hydrogens (primary N) is 1. The van der Waals surface area contributed by atoms with Crippen LogP contribution in [0.3, 0.4) is 0 Å². The van der Waals surface area contributed by atoms with Gasteiger partial charge in [-0.05, 0) is 49.8 Å². The molecule has 1 aromatic rings. The molecule has 1 atom stereocenters. The third-order valence-corrected chi connectivity index (χ3v) is 6.18. The van der Waals surface area contributed by atoms with Crippen LogP contribution >= 0.6 is 12.4 Å². The van der Waals surface area contributed by atoms with E-state index < -0.39 is 0 Å². The van der Waals surface area contributed by atoms with Crippen LogP contribution in [0.15, 0.2) is 30.3 Å². The number of halogens is 1. The molecule has 162 valence electrons. The van der Waals surface area contributed by atoms with Gasteiger partial charge in [0, 0.05) is 32.1 Å². The molecule has 2 heterocycles. The summed E-state index contributed by atoms with van der Waals surface area (Å²) in [6.07, 6.45) is 4.01. The molecular formula is C22H35ClN4O2. The first kappa shape index (κ1) is 23.6. The van der Waals surface area contributed by atoms with Crippen molar-refractivity contribution in [3.63, 3.8) is 0 Å². The second kappa shape index (κ2) is 11.0. The van der Waals surface area contributed by atoms with E-state index in [0.717, 1.165) is 51.9 Å². The maximum atomic E-state index is 12.6. The number of rotatable bonds is 7. The van der Waals surface area contributed by atoms with Gasteiger partial charge in [0.2, 0.25) is 11.8 Å². The van der Waals surface area contributed by atoms with E-state index in [2.05, 4.69) is 17.1 Å².